The van der Waals surface area contributed by atoms with Gasteiger partial charge in [-0.15, -0.1) is 11.3 Å². The van der Waals surface area contributed by atoms with E-state index in [1.54, 1.807) is 24.3 Å². The molecule has 0 saturated carbocycles. The number of para-hydroxylation sites is 1. The molecule has 3 rings (SSSR count). The van der Waals surface area contributed by atoms with Gasteiger partial charge in [0.1, 0.15) is 0 Å². The zero-order valence-corrected chi connectivity index (χ0v) is 14.3. The van der Waals surface area contributed by atoms with E-state index in [4.69, 9.17) is 0 Å². The van der Waals surface area contributed by atoms with Crippen LogP contribution < -0.4 is 5.32 Å². The molecular formula is C20H17NO2S. The fourth-order valence-corrected chi connectivity index (χ4v) is 3.33. The van der Waals surface area contributed by atoms with Gasteiger partial charge in [-0.3, -0.25) is 9.59 Å². The van der Waals surface area contributed by atoms with Crippen molar-refractivity contribution in [2.75, 3.05) is 5.32 Å². The van der Waals surface area contributed by atoms with Crippen molar-refractivity contribution >= 4 is 28.7 Å². The van der Waals surface area contributed by atoms with Crippen LogP contribution in [0.15, 0.2) is 60.0 Å². The maximum Gasteiger partial charge on any atom is 0.266 e. The van der Waals surface area contributed by atoms with Crippen molar-refractivity contribution in [2.45, 2.75) is 13.8 Å². The van der Waals surface area contributed by atoms with Crippen molar-refractivity contribution in [3.05, 3.63) is 76.0 Å². The first-order valence-corrected chi connectivity index (χ1v) is 8.50. The molecule has 2 aromatic carbocycles. The Morgan fingerprint density at radius 2 is 1.67 bits per heavy atom. The summed E-state index contributed by atoms with van der Waals surface area (Å²) >= 11 is 1.39. The summed E-state index contributed by atoms with van der Waals surface area (Å²) in [6.45, 7) is 3.53. The number of amides is 1. The molecule has 0 bridgehead atoms. The molecule has 0 unspecified atom stereocenters. The van der Waals surface area contributed by atoms with E-state index >= 15 is 0 Å². The van der Waals surface area contributed by atoms with Gasteiger partial charge < -0.3 is 5.32 Å². The minimum Gasteiger partial charge on any atom is -0.321 e. The van der Waals surface area contributed by atoms with Crippen LogP contribution in [-0.4, -0.2) is 11.7 Å². The molecule has 0 atom stereocenters. The average molecular weight is 335 g/mol. The number of carbonyl (C=O) groups is 2. The number of anilines is 1. The van der Waals surface area contributed by atoms with Crippen LogP contribution >= 0.6 is 11.3 Å². The molecular weight excluding hydrogens is 318 g/mol. The fourth-order valence-electron chi connectivity index (χ4n) is 2.52. The Hall–Kier alpha value is -2.72. The van der Waals surface area contributed by atoms with Gasteiger partial charge >= 0.3 is 0 Å². The number of ketones is 1. The quantitative estimate of drug-likeness (QED) is 0.668. The van der Waals surface area contributed by atoms with Crippen molar-refractivity contribution in [3.8, 4) is 11.1 Å². The Morgan fingerprint density at radius 3 is 2.38 bits per heavy atom. The molecule has 1 aromatic heterocycles. The van der Waals surface area contributed by atoms with E-state index in [1.807, 2.05) is 42.6 Å². The first-order chi connectivity index (χ1) is 11.6. The van der Waals surface area contributed by atoms with Gasteiger partial charge in [0.25, 0.3) is 5.91 Å². The number of carbonyl (C=O) groups excluding carboxylic acids is 2. The average Bonchev–Trinajstić information content (AvgIpc) is 3.05. The van der Waals surface area contributed by atoms with E-state index in [9.17, 15) is 9.59 Å². The van der Waals surface area contributed by atoms with Crippen molar-refractivity contribution in [1.82, 2.24) is 0 Å². The van der Waals surface area contributed by atoms with E-state index in [2.05, 4.69) is 5.32 Å². The molecule has 1 amide bonds. The lowest BCUT2D eigenvalue weighted by Gasteiger charge is -2.09. The molecule has 0 aliphatic heterocycles. The minimum absolute atomic E-state index is 0.0733. The van der Waals surface area contributed by atoms with Gasteiger partial charge in [-0.05, 0) is 43.0 Å². The standard InChI is InChI=1S/C20H17NO2S/c1-13-7-9-15(10-8-13)17-11-12-24-19(17)20(23)21-18-6-4-3-5-16(18)14(2)22/h3-12H,1-2H3,(H,21,23). The molecule has 1 N–H and O–H groups in total. The second kappa shape index (κ2) is 6.81. The zero-order valence-electron chi connectivity index (χ0n) is 13.5. The van der Waals surface area contributed by atoms with Gasteiger partial charge in [0, 0.05) is 11.1 Å². The molecule has 0 radical (unpaired) electrons. The largest absolute Gasteiger partial charge is 0.321 e. The lowest BCUT2D eigenvalue weighted by atomic mass is 10.0. The second-order valence-corrected chi connectivity index (χ2v) is 6.50. The van der Waals surface area contributed by atoms with E-state index in [0.29, 0.717) is 16.1 Å². The van der Waals surface area contributed by atoms with Gasteiger partial charge in [-0.25, -0.2) is 0 Å². The van der Waals surface area contributed by atoms with Crippen molar-refractivity contribution in [2.24, 2.45) is 0 Å². The Labute approximate surface area is 145 Å². The van der Waals surface area contributed by atoms with E-state index in [0.717, 1.165) is 11.1 Å². The minimum atomic E-state index is -0.200. The first-order valence-electron chi connectivity index (χ1n) is 7.62. The highest BCUT2D eigenvalue weighted by Crippen LogP contribution is 2.29. The third-order valence-electron chi connectivity index (χ3n) is 3.79. The fraction of sp³-hybridized carbons (Fsp3) is 0.100. The maximum atomic E-state index is 12.7. The van der Waals surface area contributed by atoms with Crippen molar-refractivity contribution in [1.29, 1.82) is 0 Å². The lowest BCUT2D eigenvalue weighted by molar-refractivity contribution is 0.101. The molecule has 0 saturated heterocycles. The summed E-state index contributed by atoms with van der Waals surface area (Å²) in [6.07, 6.45) is 0. The van der Waals surface area contributed by atoms with Crippen molar-refractivity contribution < 1.29 is 9.59 Å². The normalized spacial score (nSPS) is 10.4. The molecule has 24 heavy (non-hydrogen) atoms. The summed E-state index contributed by atoms with van der Waals surface area (Å²) in [6, 6.07) is 17.1. The smallest absolute Gasteiger partial charge is 0.266 e. The molecule has 0 aliphatic rings. The predicted molar refractivity (Wildman–Crippen MR) is 98.9 cm³/mol. The number of benzene rings is 2. The van der Waals surface area contributed by atoms with E-state index in [-0.39, 0.29) is 11.7 Å². The van der Waals surface area contributed by atoms with Gasteiger partial charge in [0.05, 0.1) is 10.6 Å². The number of nitrogens with one attached hydrogen (secondary N) is 1. The van der Waals surface area contributed by atoms with E-state index < -0.39 is 0 Å². The van der Waals surface area contributed by atoms with E-state index in [1.165, 1.54) is 23.8 Å². The highest BCUT2D eigenvalue weighted by atomic mass is 32.1. The SMILES string of the molecule is CC(=O)c1ccccc1NC(=O)c1sccc1-c1ccc(C)cc1. The van der Waals surface area contributed by atoms with Crippen LogP contribution in [0.1, 0.15) is 32.5 Å². The Bertz CT molecular complexity index is 894. The number of Topliss-reactive ketones (excluding diaryl/α,β-unsaturated/α-hetero) is 1. The zero-order chi connectivity index (χ0) is 17.1. The maximum absolute atomic E-state index is 12.7. The van der Waals surface area contributed by atoms with Gasteiger partial charge in [-0.2, -0.15) is 0 Å². The monoisotopic (exact) mass is 335 g/mol. The van der Waals surface area contributed by atoms with Crippen molar-refractivity contribution in [3.63, 3.8) is 0 Å². The van der Waals surface area contributed by atoms with Crippen LogP contribution in [0, 0.1) is 6.92 Å². The summed E-state index contributed by atoms with van der Waals surface area (Å²) in [5.41, 5.74) is 4.14. The summed E-state index contributed by atoms with van der Waals surface area (Å²) in [7, 11) is 0. The number of rotatable bonds is 4. The number of aryl methyl sites for hydroxylation is 1. The topological polar surface area (TPSA) is 46.2 Å². The van der Waals surface area contributed by atoms with Crippen LogP contribution in [0.3, 0.4) is 0 Å². The van der Waals surface area contributed by atoms with Gasteiger partial charge in [0.2, 0.25) is 0 Å². The highest BCUT2D eigenvalue weighted by molar-refractivity contribution is 7.12. The molecule has 1 heterocycles. The van der Waals surface area contributed by atoms with Crippen LogP contribution in [-0.2, 0) is 0 Å². The molecule has 4 heteroatoms. The molecule has 0 aliphatic carbocycles. The van der Waals surface area contributed by atoms with Crippen LogP contribution in [0.5, 0.6) is 0 Å². The molecule has 3 nitrogen and oxygen atoms in total. The Balaban J connectivity index is 1.91. The number of hydrogen-bond donors (Lipinski definition) is 1. The predicted octanol–water partition coefficient (Wildman–Crippen LogP) is 5.18. The summed E-state index contributed by atoms with van der Waals surface area (Å²) < 4.78 is 0. The third-order valence-corrected chi connectivity index (χ3v) is 4.70. The summed E-state index contributed by atoms with van der Waals surface area (Å²) in [5.74, 6) is -0.273. The van der Waals surface area contributed by atoms with Crippen LogP contribution in [0.4, 0.5) is 5.69 Å². The lowest BCUT2D eigenvalue weighted by Crippen LogP contribution is -2.13. The van der Waals surface area contributed by atoms with Crippen LogP contribution in [0.25, 0.3) is 11.1 Å². The van der Waals surface area contributed by atoms with Gasteiger partial charge in [0.15, 0.2) is 5.78 Å². The molecule has 0 fully saturated rings. The Morgan fingerprint density at radius 1 is 0.958 bits per heavy atom. The summed E-state index contributed by atoms with van der Waals surface area (Å²) in [4.78, 5) is 25.0. The molecule has 120 valence electrons. The molecule has 0 spiro atoms. The third kappa shape index (κ3) is 3.29. The number of hydrogen-bond acceptors (Lipinski definition) is 3. The first kappa shape index (κ1) is 16.1. The highest BCUT2D eigenvalue weighted by Gasteiger charge is 2.16. The van der Waals surface area contributed by atoms with Gasteiger partial charge in [-0.1, -0.05) is 42.0 Å². The number of thiophene rings is 1. The summed E-state index contributed by atoms with van der Waals surface area (Å²) in [5, 5.41) is 4.77. The Kier molecular flexibility index (Phi) is 4.58. The van der Waals surface area contributed by atoms with Crippen LogP contribution in [0.2, 0.25) is 0 Å². The molecule has 3 aromatic rings. The second-order valence-electron chi connectivity index (χ2n) is 5.59.